The van der Waals surface area contributed by atoms with Gasteiger partial charge in [-0.15, -0.1) is 4.91 Å². The summed E-state index contributed by atoms with van der Waals surface area (Å²) in [6.45, 7) is 0.0891. The molecule has 0 aliphatic rings. The standard InChI is InChI=1S/C8H5N5O2/c9-13-10-4-7-6-3-5(11-14)1-2-8(6)15-12-7/h1-3H,4H2. The quantitative estimate of drug-likeness (QED) is 0.331. The molecule has 1 aromatic heterocycles. The molecule has 2 rings (SSSR count). The summed E-state index contributed by atoms with van der Waals surface area (Å²) < 4.78 is 4.97. The van der Waals surface area contributed by atoms with E-state index in [9.17, 15) is 4.91 Å². The van der Waals surface area contributed by atoms with Gasteiger partial charge >= 0.3 is 0 Å². The number of rotatable bonds is 3. The maximum atomic E-state index is 10.3. The number of hydrogen-bond donors (Lipinski definition) is 0. The molecule has 7 heteroatoms. The predicted octanol–water partition coefficient (Wildman–Crippen LogP) is 3.04. The number of aromatic nitrogens is 1. The van der Waals surface area contributed by atoms with E-state index >= 15 is 0 Å². The first-order chi connectivity index (χ1) is 7.35. The molecule has 0 saturated carbocycles. The molecular weight excluding hydrogens is 198 g/mol. The maximum absolute atomic E-state index is 10.3. The largest absolute Gasteiger partial charge is 0.356 e. The Balaban J connectivity index is 2.55. The van der Waals surface area contributed by atoms with Crippen molar-refractivity contribution in [3.63, 3.8) is 0 Å². The van der Waals surface area contributed by atoms with E-state index in [2.05, 4.69) is 20.4 Å². The smallest absolute Gasteiger partial charge is 0.167 e. The van der Waals surface area contributed by atoms with Gasteiger partial charge in [0.2, 0.25) is 0 Å². The van der Waals surface area contributed by atoms with Gasteiger partial charge in [0.1, 0.15) is 5.69 Å². The summed E-state index contributed by atoms with van der Waals surface area (Å²) in [6.07, 6.45) is 0. The van der Waals surface area contributed by atoms with Crippen molar-refractivity contribution in [2.45, 2.75) is 6.54 Å². The molecule has 0 fully saturated rings. The molecule has 0 amide bonds. The highest BCUT2D eigenvalue weighted by molar-refractivity contribution is 5.82. The van der Waals surface area contributed by atoms with Crippen LogP contribution in [0.2, 0.25) is 0 Å². The summed E-state index contributed by atoms with van der Waals surface area (Å²) in [4.78, 5) is 12.9. The van der Waals surface area contributed by atoms with Gasteiger partial charge in [-0.2, -0.15) is 0 Å². The van der Waals surface area contributed by atoms with Crippen LogP contribution in [0.25, 0.3) is 21.4 Å². The fourth-order valence-corrected chi connectivity index (χ4v) is 1.25. The minimum Gasteiger partial charge on any atom is -0.356 e. The second-order valence-corrected chi connectivity index (χ2v) is 2.79. The first-order valence-electron chi connectivity index (χ1n) is 4.07. The monoisotopic (exact) mass is 203 g/mol. The van der Waals surface area contributed by atoms with E-state index in [1.165, 1.54) is 6.07 Å². The van der Waals surface area contributed by atoms with Gasteiger partial charge < -0.3 is 4.52 Å². The summed E-state index contributed by atoms with van der Waals surface area (Å²) in [6, 6.07) is 4.66. The van der Waals surface area contributed by atoms with Gasteiger partial charge in [0.25, 0.3) is 0 Å². The minimum absolute atomic E-state index is 0.0891. The third-order valence-electron chi connectivity index (χ3n) is 1.92. The van der Waals surface area contributed by atoms with Crippen molar-refractivity contribution in [3.8, 4) is 0 Å². The first kappa shape index (κ1) is 9.17. The highest BCUT2D eigenvalue weighted by Crippen LogP contribution is 2.24. The molecule has 0 atom stereocenters. The molecule has 1 heterocycles. The molecule has 0 N–H and O–H groups in total. The normalized spacial score (nSPS) is 9.87. The van der Waals surface area contributed by atoms with Gasteiger partial charge in [0.05, 0.1) is 12.2 Å². The molecule has 0 spiro atoms. The molecule has 0 saturated heterocycles. The van der Waals surface area contributed by atoms with Crippen LogP contribution in [0.5, 0.6) is 0 Å². The second-order valence-electron chi connectivity index (χ2n) is 2.79. The fraction of sp³-hybridized carbons (Fsp3) is 0.125. The topological polar surface area (TPSA) is 104 Å². The third-order valence-corrected chi connectivity index (χ3v) is 1.92. The van der Waals surface area contributed by atoms with Gasteiger partial charge in [0.15, 0.2) is 5.58 Å². The van der Waals surface area contributed by atoms with Gasteiger partial charge in [0, 0.05) is 10.3 Å². The summed E-state index contributed by atoms with van der Waals surface area (Å²) in [7, 11) is 0. The molecule has 0 aliphatic carbocycles. The van der Waals surface area contributed by atoms with E-state index in [1.54, 1.807) is 12.1 Å². The molecule has 0 bridgehead atoms. The lowest BCUT2D eigenvalue weighted by atomic mass is 10.2. The molecule has 0 unspecified atom stereocenters. The Labute approximate surface area is 83.3 Å². The van der Waals surface area contributed by atoms with Crippen LogP contribution >= 0.6 is 0 Å². The Hall–Kier alpha value is -2.40. The van der Waals surface area contributed by atoms with Gasteiger partial charge in [-0.1, -0.05) is 10.3 Å². The zero-order chi connectivity index (χ0) is 10.7. The van der Waals surface area contributed by atoms with E-state index in [0.717, 1.165) is 0 Å². The lowest BCUT2D eigenvalue weighted by Crippen LogP contribution is -1.79. The molecule has 15 heavy (non-hydrogen) atoms. The number of hydrogen-bond acceptors (Lipinski definition) is 5. The zero-order valence-corrected chi connectivity index (χ0v) is 7.49. The van der Waals surface area contributed by atoms with E-state index in [4.69, 9.17) is 10.1 Å². The Bertz CT molecular complexity index is 555. The van der Waals surface area contributed by atoms with Gasteiger partial charge in [-0.05, 0) is 28.9 Å². The Kier molecular flexibility index (Phi) is 2.30. The number of fused-ring (bicyclic) bond motifs is 1. The zero-order valence-electron chi connectivity index (χ0n) is 7.49. The number of benzene rings is 1. The van der Waals surface area contributed by atoms with Crippen LogP contribution in [0.1, 0.15) is 5.69 Å². The van der Waals surface area contributed by atoms with Crippen molar-refractivity contribution in [3.05, 3.63) is 39.2 Å². The van der Waals surface area contributed by atoms with E-state index in [0.29, 0.717) is 16.7 Å². The molecule has 74 valence electrons. The third kappa shape index (κ3) is 1.63. The fourth-order valence-electron chi connectivity index (χ4n) is 1.25. The van der Waals surface area contributed by atoms with Crippen molar-refractivity contribution in [2.75, 3.05) is 0 Å². The summed E-state index contributed by atoms with van der Waals surface area (Å²) in [5.74, 6) is 0. The Morgan fingerprint density at radius 3 is 3.13 bits per heavy atom. The Morgan fingerprint density at radius 2 is 2.40 bits per heavy atom. The van der Waals surface area contributed by atoms with Crippen LogP contribution in [0.3, 0.4) is 0 Å². The predicted molar refractivity (Wildman–Crippen MR) is 52.3 cm³/mol. The summed E-state index contributed by atoms with van der Waals surface area (Å²) in [5.41, 5.74) is 9.48. The van der Waals surface area contributed by atoms with Crippen molar-refractivity contribution < 1.29 is 4.52 Å². The summed E-state index contributed by atoms with van der Waals surface area (Å²) in [5, 5.41) is 10.5. The van der Waals surface area contributed by atoms with Crippen LogP contribution in [-0.4, -0.2) is 5.16 Å². The van der Waals surface area contributed by atoms with E-state index < -0.39 is 0 Å². The van der Waals surface area contributed by atoms with E-state index in [1.807, 2.05) is 0 Å². The first-order valence-corrected chi connectivity index (χ1v) is 4.07. The van der Waals surface area contributed by atoms with Crippen LogP contribution < -0.4 is 0 Å². The molecule has 0 aliphatic heterocycles. The van der Waals surface area contributed by atoms with E-state index in [-0.39, 0.29) is 12.2 Å². The molecule has 2 aromatic rings. The van der Waals surface area contributed by atoms with Crippen molar-refractivity contribution in [1.29, 1.82) is 0 Å². The van der Waals surface area contributed by atoms with Gasteiger partial charge in [-0.3, -0.25) is 0 Å². The molecule has 0 radical (unpaired) electrons. The Morgan fingerprint density at radius 1 is 1.53 bits per heavy atom. The number of azide groups is 1. The van der Waals surface area contributed by atoms with Crippen molar-refractivity contribution in [2.24, 2.45) is 10.3 Å². The number of nitrogens with zero attached hydrogens (tertiary/aromatic N) is 5. The maximum Gasteiger partial charge on any atom is 0.167 e. The summed E-state index contributed by atoms with van der Waals surface area (Å²) >= 11 is 0. The molecular formula is C8H5N5O2. The minimum atomic E-state index is 0.0891. The highest BCUT2D eigenvalue weighted by atomic mass is 16.5. The molecule has 7 nitrogen and oxygen atoms in total. The number of nitroso groups, excluding NO2 is 1. The average molecular weight is 203 g/mol. The molecule has 1 aromatic carbocycles. The van der Waals surface area contributed by atoms with Crippen molar-refractivity contribution >= 4 is 16.7 Å². The highest BCUT2D eigenvalue weighted by Gasteiger charge is 2.07. The SMILES string of the molecule is [N-]=[N+]=NCc1noc2ccc(N=O)cc12. The van der Waals surface area contributed by atoms with Crippen molar-refractivity contribution in [1.82, 2.24) is 5.16 Å². The lowest BCUT2D eigenvalue weighted by Gasteiger charge is -1.89. The van der Waals surface area contributed by atoms with Crippen LogP contribution in [-0.2, 0) is 6.54 Å². The van der Waals surface area contributed by atoms with Crippen LogP contribution in [0.15, 0.2) is 33.0 Å². The van der Waals surface area contributed by atoms with Crippen LogP contribution in [0, 0.1) is 4.91 Å². The lowest BCUT2D eigenvalue weighted by molar-refractivity contribution is 0.446. The average Bonchev–Trinajstić information content (AvgIpc) is 2.68. The van der Waals surface area contributed by atoms with Gasteiger partial charge in [-0.25, -0.2) is 0 Å². The van der Waals surface area contributed by atoms with Crippen LogP contribution in [0.4, 0.5) is 5.69 Å². The second kappa shape index (κ2) is 3.77.